The van der Waals surface area contributed by atoms with E-state index >= 15 is 0 Å². The predicted octanol–water partition coefficient (Wildman–Crippen LogP) is 3.17. The SMILES string of the molecule is COc1ccccc1NC(=NCc1c(C)nn(C)c1C)NC(=O)c1ccc2c(c1)OCO2. The molecule has 1 amide bonds. The van der Waals surface area contributed by atoms with Crippen LogP contribution in [0.1, 0.15) is 27.3 Å². The summed E-state index contributed by atoms with van der Waals surface area (Å²) in [5.41, 5.74) is 4.03. The molecule has 0 saturated carbocycles. The number of aliphatic imine (C=N–C) groups is 1. The van der Waals surface area contributed by atoms with Gasteiger partial charge in [-0.1, -0.05) is 12.1 Å². The number of methoxy groups -OCH3 is 1. The lowest BCUT2D eigenvalue weighted by molar-refractivity contribution is 0.0976. The molecule has 1 aliphatic heterocycles. The fraction of sp³-hybridized carbons (Fsp3) is 0.261. The van der Waals surface area contributed by atoms with Gasteiger partial charge in [-0.25, -0.2) is 4.99 Å². The molecule has 2 heterocycles. The van der Waals surface area contributed by atoms with Crippen LogP contribution >= 0.6 is 0 Å². The van der Waals surface area contributed by atoms with E-state index < -0.39 is 0 Å². The van der Waals surface area contributed by atoms with Crippen molar-refractivity contribution < 1.29 is 19.0 Å². The molecule has 2 aromatic carbocycles. The number of rotatable bonds is 5. The second-order valence-electron chi connectivity index (χ2n) is 7.29. The van der Waals surface area contributed by atoms with Crippen molar-refractivity contribution in [3.05, 3.63) is 65.0 Å². The third kappa shape index (κ3) is 4.36. The third-order valence-corrected chi connectivity index (χ3v) is 5.28. The molecule has 0 atom stereocenters. The van der Waals surface area contributed by atoms with Gasteiger partial charge in [-0.2, -0.15) is 5.10 Å². The smallest absolute Gasteiger partial charge is 0.258 e. The number of aryl methyl sites for hydroxylation is 2. The Balaban J connectivity index is 1.61. The van der Waals surface area contributed by atoms with Gasteiger partial charge in [0.1, 0.15) is 5.75 Å². The first kappa shape index (κ1) is 21.2. The van der Waals surface area contributed by atoms with E-state index in [9.17, 15) is 4.79 Å². The molecule has 9 nitrogen and oxygen atoms in total. The molecule has 0 bridgehead atoms. The fourth-order valence-electron chi connectivity index (χ4n) is 3.41. The molecule has 166 valence electrons. The van der Waals surface area contributed by atoms with Crippen LogP contribution in [0.15, 0.2) is 47.5 Å². The van der Waals surface area contributed by atoms with E-state index in [-0.39, 0.29) is 12.7 Å². The van der Waals surface area contributed by atoms with E-state index in [1.807, 2.05) is 49.8 Å². The number of fused-ring (bicyclic) bond motifs is 1. The van der Waals surface area contributed by atoms with Crippen molar-refractivity contribution in [2.75, 3.05) is 19.2 Å². The van der Waals surface area contributed by atoms with Crippen molar-refractivity contribution in [2.24, 2.45) is 12.0 Å². The fourth-order valence-corrected chi connectivity index (χ4v) is 3.41. The number of hydrogen-bond acceptors (Lipinski definition) is 6. The number of ether oxygens (including phenoxy) is 3. The number of hydrogen-bond donors (Lipinski definition) is 2. The number of anilines is 1. The third-order valence-electron chi connectivity index (χ3n) is 5.28. The minimum atomic E-state index is -0.330. The van der Waals surface area contributed by atoms with Crippen molar-refractivity contribution in [1.82, 2.24) is 15.1 Å². The van der Waals surface area contributed by atoms with Crippen LogP contribution in [0, 0.1) is 13.8 Å². The van der Waals surface area contributed by atoms with E-state index in [4.69, 9.17) is 14.2 Å². The summed E-state index contributed by atoms with van der Waals surface area (Å²) in [5.74, 6) is 1.75. The lowest BCUT2D eigenvalue weighted by Crippen LogP contribution is -2.36. The maximum atomic E-state index is 13.0. The van der Waals surface area contributed by atoms with Gasteiger partial charge in [-0.05, 0) is 44.2 Å². The van der Waals surface area contributed by atoms with Crippen LogP contribution in [-0.4, -0.2) is 35.5 Å². The molecular weight excluding hydrogens is 410 g/mol. The lowest BCUT2D eigenvalue weighted by Gasteiger charge is -2.14. The van der Waals surface area contributed by atoms with Crippen LogP contribution in [0.4, 0.5) is 5.69 Å². The van der Waals surface area contributed by atoms with Gasteiger partial charge in [0.25, 0.3) is 5.91 Å². The molecule has 4 rings (SSSR count). The van der Waals surface area contributed by atoms with Crippen molar-refractivity contribution in [2.45, 2.75) is 20.4 Å². The zero-order valence-corrected chi connectivity index (χ0v) is 18.4. The van der Waals surface area contributed by atoms with Crippen LogP contribution in [0.3, 0.4) is 0 Å². The summed E-state index contributed by atoms with van der Waals surface area (Å²) in [6.07, 6.45) is 0. The first-order valence-electron chi connectivity index (χ1n) is 10.1. The molecule has 2 N–H and O–H groups in total. The minimum Gasteiger partial charge on any atom is -0.495 e. The number of benzene rings is 2. The quantitative estimate of drug-likeness (QED) is 0.472. The highest BCUT2D eigenvalue weighted by Crippen LogP contribution is 2.32. The summed E-state index contributed by atoms with van der Waals surface area (Å²) in [5, 5.41) is 10.5. The first-order valence-corrected chi connectivity index (χ1v) is 10.1. The highest BCUT2D eigenvalue weighted by molar-refractivity contribution is 6.10. The number of nitrogens with zero attached hydrogens (tertiary/aromatic N) is 3. The number of carbonyl (C=O) groups excluding carboxylic acids is 1. The zero-order valence-electron chi connectivity index (χ0n) is 18.4. The molecule has 0 unspecified atom stereocenters. The molecule has 0 aliphatic carbocycles. The zero-order chi connectivity index (χ0) is 22.7. The minimum absolute atomic E-state index is 0.145. The van der Waals surface area contributed by atoms with E-state index in [2.05, 4.69) is 20.7 Å². The van der Waals surface area contributed by atoms with Gasteiger partial charge >= 0.3 is 0 Å². The number of nitrogens with one attached hydrogen (secondary N) is 2. The number of amides is 1. The molecule has 32 heavy (non-hydrogen) atoms. The summed E-state index contributed by atoms with van der Waals surface area (Å²) < 4.78 is 17.9. The number of guanidine groups is 1. The standard InChI is InChI=1S/C23H25N5O4/c1-14-17(15(2)28(3)27-14)12-24-23(25-18-7-5-6-8-19(18)30-4)26-22(29)16-9-10-20-21(11-16)32-13-31-20/h5-11H,12-13H2,1-4H3,(H2,24,25,26,29). The van der Waals surface area contributed by atoms with Gasteiger partial charge in [0.15, 0.2) is 11.5 Å². The maximum Gasteiger partial charge on any atom is 0.258 e. The molecule has 0 fully saturated rings. The van der Waals surface area contributed by atoms with E-state index in [1.54, 1.807) is 25.3 Å². The first-order chi connectivity index (χ1) is 15.5. The van der Waals surface area contributed by atoms with E-state index in [1.165, 1.54) is 0 Å². The van der Waals surface area contributed by atoms with Crippen molar-refractivity contribution in [1.29, 1.82) is 0 Å². The molecule has 0 radical (unpaired) electrons. The molecule has 1 aliphatic rings. The Kier molecular flexibility index (Phi) is 5.98. The van der Waals surface area contributed by atoms with Gasteiger partial charge in [-0.3, -0.25) is 14.8 Å². The Bertz CT molecular complexity index is 1190. The summed E-state index contributed by atoms with van der Waals surface area (Å²) in [4.78, 5) is 17.6. The van der Waals surface area contributed by atoms with Gasteiger partial charge in [-0.15, -0.1) is 0 Å². The van der Waals surface area contributed by atoms with Gasteiger partial charge in [0.05, 0.1) is 25.0 Å². The number of aromatic nitrogens is 2. The summed E-state index contributed by atoms with van der Waals surface area (Å²) in [6, 6.07) is 12.5. The second-order valence-corrected chi connectivity index (χ2v) is 7.29. The average molecular weight is 435 g/mol. The van der Waals surface area contributed by atoms with E-state index in [0.717, 1.165) is 17.0 Å². The Hall–Kier alpha value is -4.01. The summed E-state index contributed by atoms with van der Waals surface area (Å²) in [6.45, 7) is 4.43. The van der Waals surface area contributed by atoms with Crippen LogP contribution in [0.25, 0.3) is 0 Å². The summed E-state index contributed by atoms with van der Waals surface area (Å²) >= 11 is 0. The highest BCUT2D eigenvalue weighted by atomic mass is 16.7. The Labute approximate surface area is 186 Å². The number of carbonyl (C=O) groups is 1. The van der Waals surface area contributed by atoms with Gasteiger partial charge in [0.2, 0.25) is 12.8 Å². The van der Waals surface area contributed by atoms with Crippen molar-refractivity contribution in [3.63, 3.8) is 0 Å². The van der Waals surface area contributed by atoms with Crippen LogP contribution in [0.2, 0.25) is 0 Å². The lowest BCUT2D eigenvalue weighted by atomic mass is 10.2. The van der Waals surface area contributed by atoms with Gasteiger partial charge in [0, 0.05) is 23.9 Å². The molecule has 0 saturated heterocycles. The normalized spacial score (nSPS) is 12.6. The van der Waals surface area contributed by atoms with Crippen LogP contribution in [0.5, 0.6) is 17.2 Å². The average Bonchev–Trinajstić information content (AvgIpc) is 3.35. The maximum absolute atomic E-state index is 13.0. The molecular formula is C23H25N5O4. The van der Waals surface area contributed by atoms with Crippen molar-refractivity contribution in [3.8, 4) is 17.2 Å². The largest absolute Gasteiger partial charge is 0.495 e. The number of para-hydroxylation sites is 2. The monoisotopic (exact) mass is 435 g/mol. The topological polar surface area (TPSA) is 99.0 Å². The molecule has 3 aromatic rings. The highest BCUT2D eigenvalue weighted by Gasteiger charge is 2.18. The molecule has 1 aromatic heterocycles. The predicted molar refractivity (Wildman–Crippen MR) is 120 cm³/mol. The molecule has 0 spiro atoms. The van der Waals surface area contributed by atoms with Crippen LogP contribution < -0.4 is 24.8 Å². The van der Waals surface area contributed by atoms with Gasteiger partial charge < -0.3 is 19.5 Å². The molecule has 9 heteroatoms. The Morgan fingerprint density at radius 3 is 2.72 bits per heavy atom. The Morgan fingerprint density at radius 1 is 1.19 bits per heavy atom. The summed E-state index contributed by atoms with van der Waals surface area (Å²) in [7, 11) is 3.48. The Morgan fingerprint density at radius 2 is 1.97 bits per heavy atom. The van der Waals surface area contributed by atoms with E-state index in [0.29, 0.717) is 41.0 Å². The van der Waals surface area contributed by atoms with Crippen LogP contribution in [-0.2, 0) is 13.6 Å². The second kappa shape index (κ2) is 9.01. The van der Waals surface area contributed by atoms with Crippen molar-refractivity contribution >= 4 is 17.6 Å².